The number of anilines is 1. The fourth-order valence-electron chi connectivity index (χ4n) is 4.10. The molecule has 2 aromatic rings. The van der Waals surface area contributed by atoms with Gasteiger partial charge in [0, 0.05) is 32.6 Å². The number of pyridine rings is 1. The molecule has 0 atom stereocenters. The van der Waals surface area contributed by atoms with Crippen molar-refractivity contribution >= 4 is 56.9 Å². The molecule has 0 unspecified atom stereocenters. The Morgan fingerprint density at radius 1 is 1.17 bits per heavy atom. The highest BCUT2D eigenvalue weighted by atomic mass is 32.2. The fourth-order valence-corrected chi connectivity index (χ4v) is 5.39. The van der Waals surface area contributed by atoms with Gasteiger partial charge in [0.05, 0.1) is 34.8 Å². The summed E-state index contributed by atoms with van der Waals surface area (Å²) in [5.41, 5.74) is 2.28. The van der Waals surface area contributed by atoms with E-state index in [-0.39, 0.29) is 11.5 Å². The second-order valence-corrected chi connectivity index (χ2v) is 9.19. The minimum absolute atomic E-state index is 0.101. The highest BCUT2D eigenvalue weighted by Gasteiger charge is 2.32. The molecule has 0 saturated carbocycles. The van der Waals surface area contributed by atoms with E-state index in [1.807, 2.05) is 18.2 Å². The van der Waals surface area contributed by atoms with Crippen LogP contribution in [0.2, 0.25) is 0 Å². The van der Waals surface area contributed by atoms with E-state index in [1.54, 1.807) is 29.7 Å². The van der Waals surface area contributed by atoms with Gasteiger partial charge in [-0.25, -0.2) is 0 Å². The molecule has 1 aromatic heterocycles. The maximum Gasteiger partial charge on any atom is 0.266 e. The lowest BCUT2D eigenvalue weighted by Gasteiger charge is -2.31. The number of carbonyl (C=O) groups excluding carboxylic acids is 1. The summed E-state index contributed by atoms with van der Waals surface area (Å²) in [5, 5.41) is 1.03. The zero-order valence-corrected chi connectivity index (χ0v) is 18.9. The summed E-state index contributed by atoms with van der Waals surface area (Å²) in [6.07, 6.45) is 5.14. The second-order valence-electron chi connectivity index (χ2n) is 7.52. The van der Waals surface area contributed by atoms with Crippen LogP contribution in [0.3, 0.4) is 0 Å². The van der Waals surface area contributed by atoms with Crippen molar-refractivity contribution < 1.29 is 9.53 Å². The Morgan fingerprint density at radius 2 is 1.90 bits per heavy atom. The normalized spacial score (nSPS) is 18.8. The van der Waals surface area contributed by atoms with Gasteiger partial charge in [0.15, 0.2) is 0 Å². The van der Waals surface area contributed by atoms with E-state index < -0.39 is 0 Å². The number of hydrogen-bond acceptors (Lipinski definition) is 6. The lowest BCUT2D eigenvalue weighted by molar-refractivity contribution is -0.122. The third kappa shape index (κ3) is 3.79. The quantitative estimate of drug-likeness (QED) is 0.522. The zero-order chi connectivity index (χ0) is 21.3. The van der Waals surface area contributed by atoms with Crippen molar-refractivity contribution in [2.75, 3.05) is 38.3 Å². The molecule has 2 fully saturated rings. The van der Waals surface area contributed by atoms with Crippen LogP contribution in [0.25, 0.3) is 17.0 Å². The van der Waals surface area contributed by atoms with Crippen molar-refractivity contribution in [3.05, 3.63) is 45.1 Å². The monoisotopic (exact) mass is 443 g/mol. The van der Waals surface area contributed by atoms with Crippen LogP contribution in [0.4, 0.5) is 5.69 Å². The average Bonchev–Trinajstić information content (AvgIpc) is 3.03. The Balaban J connectivity index is 1.87. The van der Waals surface area contributed by atoms with Gasteiger partial charge in [0.25, 0.3) is 11.5 Å². The number of thiocarbonyl (C=S) groups is 1. The third-order valence-electron chi connectivity index (χ3n) is 5.65. The van der Waals surface area contributed by atoms with Gasteiger partial charge in [0.2, 0.25) is 0 Å². The number of thioether (sulfide) groups is 1. The van der Waals surface area contributed by atoms with Crippen LogP contribution in [0, 0.1) is 0 Å². The molecule has 30 heavy (non-hydrogen) atoms. The minimum atomic E-state index is -0.165. The lowest BCUT2D eigenvalue weighted by Crippen LogP contribution is -2.33. The summed E-state index contributed by atoms with van der Waals surface area (Å²) in [6, 6.07) is 7.97. The molecule has 2 aliphatic heterocycles. The number of hydrogen-bond donors (Lipinski definition) is 0. The van der Waals surface area contributed by atoms with Crippen LogP contribution < -0.4 is 10.5 Å². The number of aromatic nitrogens is 1. The van der Waals surface area contributed by atoms with Gasteiger partial charge >= 0.3 is 0 Å². The van der Waals surface area contributed by atoms with E-state index in [0.29, 0.717) is 27.9 Å². The fraction of sp³-hybridized carbons (Fsp3) is 0.409. The number of benzene rings is 1. The number of aryl methyl sites for hydroxylation is 1. The van der Waals surface area contributed by atoms with Gasteiger partial charge in [-0.3, -0.25) is 14.5 Å². The molecule has 0 N–H and O–H groups in total. The first kappa shape index (κ1) is 21.1. The molecular formula is C22H25N3O3S2. The van der Waals surface area contributed by atoms with Gasteiger partial charge in [-0.15, -0.1) is 0 Å². The van der Waals surface area contributed by atoms with Crippen molar-refractivity contribution in [1.82, 2.24) is 9.47 Å². The predicted octanol–water partition coefficient (Wildman–Crippen LogP) is 3.38. The number of ether oxygens (including phenoxy) is 1. The summed E-state index contributed by atoms with van der Waals surface area (Å²) in [4.78, 5) is 30.7. The molecule has 8 heteroatoms. The van der Waals surface area contributed by atoms with Crippen molar-refractivity contribution in [3.8, 4) is 0 Å². The van der Waals surface area contributed by atoms with Gasteiger partial charge in [-0.05, 0) is 31.4 Å². The standard InChI is InChI=1S/C22H25N3O3S2/c1-23-17-9-5-4-8-15(17)19(24-10-6-3-7-11-24)16(20(23)26)14-18-21(27)25(12-13-28-2)22(29)30-18/h4-5,8-9,14H,3,6-7,10-13H2,1-2H3. The molecule has 0 aliphatic carbocycles. The van der Waals surface area contributed by atoms with E-state index in [4.69, 9.17) is 17.0 Å². The Hall–Kier alpha value is -2.16. The number of piperidine rings is 1. The minimum Gasteiger partial charge on any atom is -0.383 e. The van der Waals surface area contributed by atoms with Crippen molar-refractivity contribution in [3.63, 3.8) is 0 Å². The van der Waals surface area contributed by atoms with Crippen molar-refractivity contribution in [2.24, 2.45) is 7.05 Å². The molecule has 0 bridgehead atoms. The van der Waals surface area contributed by atoms with Crippen molar-refractivity contribution in [1.29, 1.82) is 0 Å². The summed E-state index contributed by atoms with van der Waals surface area (Å²) in [6.45, 7) is 2.64. The largest absolute Gasteiger partial charge is 0.383 e. The van der Waals surface area contributed by atoms with Crippen molar-refractivity contribution in [2.45, 2.75) is 19.3 Å². The second kappa shape index (κ2) is 8.91. The number of nitrogens with zero attached hydrogens (tertiary/aromatic N) is 3. The first-order chi connectivity index (χ1) is 14.5. The molecule has 0 spiro atoms. The summed E-state index contributed by atoms with van der Waals surface area (Å²) >= 11 is 6.64. The average molecular weight is 444 g/mol. The molecule has 2 saturated heterocycles. The highest BCUT2D eigenvalue weighted by molar-refractivity contribution is 8.26. The van der Waals surface area contributed by atoms with E-state index in [1.165, 1.54) is 18.2 Å². The number of rotatable bonds is 5. The van der Waals surface area contributed by atoms with Gasteiger partial charge in [-0.1, -0.05) is 42.2 Å². The summed E-state index contributed by atoms with van der Waals surface area (Å²) < 4.78 is 7.26. The predicted molar refractivity (Wildman–Crippen MR) is 127 cm³/mol. The van der Waals surface area contributed by atoms with Crippen LogP contribution >= 0.6 is 24.0 Å². The Kier molecular flexibility index (Phi) is 6.26. The number of para-hydroxylation sites is 1. The Morgan fingerprint density at radius 3 is 2.63 bits per heavy atom. The van der Waals surface area contributed by atoms with Crippen LogP contribution in [-0.4, -0.2) is 53.0 Å². The Bertz CT molecular complexity index is 1090. The van der Waals surface area contributed by atoms with Crippen LogP contribution in [0.1, 0.15) is 24.8 Å². The van der Waals surface area contributed by atoms with Gasteiger partial charge in [0.1, 0.15) is 4.32 Å². The first-order valence-electron chi connectivity index (χ1n) is 10.1. The molecular weight excluding hydrogens is 418 g/mol. The van der Waals surface area contributed by atoms with Gasteiger partial charge < -0.3 is 14.2 Å². The Labute approximate surface area is 185 Å². The SMILES string of the molecule is COCCN1C(=O)C(=Cc2c(N3CCCCC3)c3ccccc3n(C)c2=O)SC1=S. The maximum absolute atomic E-state index is 13.4. The van der Waals surface area contributed by atoms with Crippen LogP contribution in [0.15, 0.2) is 34.0 Å². The zero-order valence-electron chi connectivity index (χ0n) is 17.2. The first-order valence-corrected chi connectivity index (χ1v) is 11.4. The highest BCUT2D eigenvalue weighted by Crippen LogP contribution is 2.36. The molecule has 4 rings (SSSR count). The number of carbonyl (C=O) groups is 1. The molecule has 1 amide bonds. The maximum atomic E-state index is 13.4. The topological polar surface area (TPSA) is 54.8 Å². The summed E-state index contributed by atoms with van der Waals surface area (Å²) in [5.74, 6) is -0.165. The smallest absolute Gasteiger partial charge is 0.266 e. The van der Waals surface area contributed by atoms with E-state index in [0.717, 1.165) is 42.5 Å². The molecule has 2 aliphatic rings. The number of methoxy groups -OCH3 is 1. The lowest BCUT2D eigenvalue weighted by atomic mass is 10.0. The summed E-state index contributed by atoms with van der Waals surface area (Å²) in [7, 11) is 3.38. The molecule has 1 aromatic carbocycles. The van der Waals surface area contributed by atoms with E-state index >= 15 is 0 Å². The third-order valence-corrected chi connectivity index (χ3v) is 7.03. The molecule has 158 valence electrons. The van der Waals surface area contributed by atoms with E-state index in [9.17, 15) is 9.59 Å². The van der Waals surface area contributed by atoms with Crippen LogP contribution in [0.5, 0.6) is 0 Å². The molecule has 0 radical (unpaired) electrons. The number of amides is 1. The van der Waals surface area contributed by atoms with Crippen LogP contribution in [-0.2, 0) is 16.6 Å². The molecule has 3 heterocycles. The van der Waals surface area contributed by atoms with Gasteiger partial charge in [-0.2, -0.15) is 0 Å². The number of fused-ring (bicyclic) bond motifs is 1. The van der Waals surface area contributed by atoms with E-state index in [2.05, 4.69) is 11.0 Å². The molecule has 6 nitrogen and oxygen atoms in total.